The minimum absolute atomic E-state index is 0.231. The number of hydrogen-bond acceptors (Lipinski definition) is 3. The number of halogens is 1. The van der Waals surface area contributed by atoms with Crippen LogP contribution in [0.4, 0.5) is 0 Å². The van der Waals surface area contributed by atoms with E-state index >= 15 is 0 Å². The molecule has 1 aliphatic heterocycles. The van der Waals surface area contributed by atoms with E-state index in [0.717, 1.165) is 25.2 Å². The van der Waals surface area contributed by atoms with Gasteiger partial charge in [-0.1, -0.05) is 29.8 Å². The summed E-state index contributed by atoms with van der Waals surface area (Å²) in [6.45, 7) is 1.44. The van der Waals surface area contributed by atoms with E-state index in [1.807, 2.05) is 18.2 Å². The van der Waals surface area contributed by atoms with Crippen molar-refractivity contribution < 1.29 is 14.3 Å². The number of hydrogen-bond donors (Lipinski definition) is 0. The number of esters is 1. The molecule has 17 heavy (non-hydrogen) atoms. The average Bonchev–Trinajstić information content (AvgIpc) is 2.29. The first kappa shape index (κ1) is 12.4. The third-order valence-corrected chi connectivity index (χ3v) is 3.39. The lowest BCUT2D eigenvalue weighted by Crippen LogP contribution is -2.31. The second kappa shape index (κ2) is 5.52. The maximum atomic E-state index is 11.8. The van der Waals surface area contributed by atoms with Crippen LogP contribution in [0.3, 0.4) is 0 Å². The van der Waals surface area contributed by atoms with Crippen molar-refractivity contribution in [1.82, 2.24) is 0 Å². The van der Waals surface area contributed by atoms with E-state index in [4.69, 9.17) is 21.1 Å². The van der Waals surface area contributed by atoms with Gasteiger partial charge in [0.25, 0.3) is 0 Å². The van der Waals surface area contributed by atoms with Gasteiger partial charge < -0.3 is 9.47 Å². The fraction of sp³-hybridized carbons (Fsp3) is 0.462. The number of carbonyl (C=O) groups is 1. The number of rotatable bonds is 4. The number of benzene rings is 1. The molecule has 1 aliphatic rings. The molecule has 2 rings (SSSR count). The Hall–Kier alpha value is -1.06. The molecule has 3 nitrogen and oxygen atoms in total. The van der Waals surface area contributed by atoms with Crippen LogP contribution < -0.4 is 0 Å². The van der Waals surface area contributed by atoms with Crippen LogP contribution in [-0.4, -0.2) is 26.3 Å². The zero-order valence-corrected chi connectivity index (χ0v) is 10.4. The standard InChI is InChI=1S/C13H15ClO3/c1-16-13(15)11(6-9-7-17-8-9)10-4-2-3-5-12(10)14/h2-5,9,11H,6-8H2,1H3. The molecule has 92 valence electrons. The van der Waals surface area contributed by atoms with Gasteiger partial charge in [0.05, 0.1) is 26.2 Å². The SMILES string of the molecule is COC(=O)C(CC1COC1)c1ccccc1Cl. The predicted molar refractivity (Wildman–Crippen MR) is 65.1 cm³/mol. The zero-order chi connectivity index (χ0) is 12.3. The summed E-state index contributed by atoms with van der Waals surface area (Å²) in [5.74, 6) is -0.0945. The molecule has 1 aromatic carbocycles. The van der Waals surface area contributed by atoms with Crippen molar-refractivity contribution in [2.75, 3.05) is 20.3 Å². The van der Waals surface area contributed by atoms with Crippen molar-refractivity contribution in [1.29, 1.82) is 0 Å². The Kier molecular flexibility index (Phi) is 4.02. The summed E-state index contributed by atoms with van der Waals surface area (Å²) >= 11 is 6.13. The first-order chi connectivity index (χ1) is 8.22. The lowest BCUT2D eigenvalue weighted by atomic mass is 9.88. The monoisotopic (exact) mass is 254 g/mol. The molecule has 0 bridgehead atoms. The summed E-state index contributed by atoms with van der Waals surface area (Å²) < 4.78 is 9.98. The first-order valence-electron chi connectivity index (χ1n) is 5.62. The van der Waals surface area contributed by atoms with Crippen molar-refractivity contribution in [3.05, 3.63) is 34.9 Å². The average molecular weight is 255 g/mol. The van der Waals surface area contributed by atoms with E-state index < -0.39 is 0 Å². The molecule has 0 aliphatic carbocycles. The molecule has 1 heterocycles. The summed E-state index contributed by atoms with van der Waals surface area (Å²) in [7, 11) is 1.41. The third kappa shape index (κ3) is 2.79. The van der Waals surface area contributed by atoms with Gasteiger partial charge in [0, 0.05) is 10.9 Å². The Morgan fingerprint density at radius 3 is 2.76 bits per heavy atom. The van der Waals surface area contributed by atoms with Crippen molar-refractivity contribution in [3.63, 3.8) is 0 Å². The van der Waals surface area contributed by atoms with Crippen LogP contribution in [-0.2, 0) is 14.3 Å². The molecule has 1 fully saturated rings. The van der Waals surface area contributed by atoms with Gasteiger partial charge in [-0.05, 0) is 18.1 Å². The first-order valence-corrected chi connectivity index (χ1v) is 6.00. The number of methoxy groups -OCH3 is 1. The molecule has 0 spiro atoms. The summed E-state index contributed by atoms with van der Waals surface area (Å²) in [5, 5.41) is 0.614. The van der Waals surface area contributed by atoms with Gasteiger partial charge in [0.2, 0.25) is 0 Å². The molecule has 0 N–H and O–H groups in total. The molecule has 1 unspecified atom stereocenters. The van der Waals surface area contributed by atoms with Crippen LogP contribution >= 0.6 is 11.6 Å². The van der Waals surface area contributed by atoms with E-state index in [-0.39, 0.29) is 11.9 Å². The van der Waals surface area contributed by atoms with Crippen LogP contribution in [0.2, 0.25) is 5.02 Å². The van der Waals surface area contributed by atoms with Gasteiger partial charge in [-0.2, -0.15) is 0 Å². The lowest BCUT2D eigenvalue weighted by molar-refractivity contribution is -0.144. The molecule has 0 saturated carbocycles. The Morgan fingerprint density at radius 2 is 2.24 bits per heavy atom. The fourth-order valence-electron chi connectivity index (χ4n) is 2.00. The fourth-order valence-corrected chi connectivity index (χ4v) is 2.27. The highest BCUT2D eigenvalue weighted by Gasteiger charge is 2.30. The third-order valence-electron chi connectivity index (χ3n) is 3.04. The predicted octanol–water partition coefficient (Wildman–Crippen LogP) is 2.63. The Balaban J connectivity index is 2.19. The summed E-state index contributed by atoms with van der Waals surface area (Å²) in [6.07, 6.45) is 0.733. The minimum Gasteiger partial charge on any atom is -0.469 e. The largest absolute Gasteiger partial charge is 0.469 e. The number of carbonyl (C=O) groups excluding carboxylic acids is 1. The lowest BCUT2D eigenvalue weighted by Gasteiger charge is -2.29. The molecule has 0 radical (unpaired) electrons. The smallest absolute Gasteiger partial charge is 0.313 e. The van der Waals surface area contributed by atoms with Crippen molar-refractivity contribution in [2.24, 2.45) is 5.92 Å². The van der Waals surface area contributed by atoms with Crippen LogP contribution in [0.5, 0.6) is 0 Å². The van der Waals surface area contributed by atoms with Gasteiger partial charge in [-0.25, -0.2) is 0 Å². The summed E-state index contributed by atoms with van der Waals surface area (Å²) in [5.41, 5.74) is 0.841. The molecule has 0 aromatic heterocycles. The van der Waals surface area contributed by atoms with Gasteiger partial charge in [-0.15, -0.1) is 0 Å². The van der Waals surface area contributed by atoms with E-state index in [2.05, 4.69) is 0 Å². The van der Waals surface area contributed by atoms with Gasteiger partial charge in [-0.3, -0.25) is 4.79 Å². The normalized spacial score (nSPS) is 17.3. The molecular formula is C13H15ClO3. The molecule has 1 aromatic rings. The van der Waals surface area contributed by atoms with Crippen LogP contribution in [0.25, 0.3) is 0 Å². The van der Waals surface area contributed by atoms with Crippen LogP contribution in [0, 0.1) is 5.92 Å². The van der Waals surface area contributed by atoms with E-state index in [1.54, 1.807) is 6.07 Å². The van der Waals surface area contributed by atoms with Gasteiger partial charge in [0.15, 0.2) is 0 Å². The highest BCUT2D eigenvalue weighted by molar-refractivity contribution is 6.31. The zero-order valence-electron chi connectivity index (χ0n) is 9.69. The number of ether oxygens (including phenoxy) is 2. The van der Waals surface area contributed by atoms with Crippen LogP contribution in [0.1, 0.15) is 17.9 Å². The van der Waals surface area contributed by atoms with Crippen molar-refractivity contribution in [3.8, 4) is 0 Å². The second-order valence-corrected chi connectivity index (χ2v) is 4.64. The Bertz CT molecular complexity index is 401. The molecule has 0 amide bonds. The highest BCUT2D eigenvalue weighted by atomic mass is 35.5. The molecule has 1 saturated heterocycles. The summed E-state index contributed by atoms with van der Waals surface area (Å²) in [4.78, 5) is 11.8. The highest BCUT2D eigenvalue weighted by Crippen LogP contribution is 2.32. The van der Waals surface area contributed by atoms with E-state index in [1.165, 1.54) is 7.11 Å². The Labute approximate surface area is 106 Å². The quantitative estimate of drug-likeness (QED) is 0.775. The maximum absolute atomic E-state index is 11.8. The van der Waals surface area contributed by atoms with Crippen molar-refractivity contribution in [2.45, 2.75) is 12.3 Å². The maximum Gasteiger partial charge on any atom is 0.313 e. The topological polar surface area (TPSA) is 35.5 Å². The molecule has 4 heteroatoms. The summed E-state index contributed by atoms with van der Waals surface area (Å²) in [6, 6.07) is 7.41. The molecule has 1 atom stereocenters. The van der Waals surface area contributed by atoms with Gasteiger partial charge in [0.1, 0.15) is 0 Å². The van der Waals surface area contributed by atoms with Gasteiger partial charge >= 0.3 is 5.97 Å². The van der Waals surface area contributed by atoms with Crippen LogP contribution in [0.15, 0.2) is 24.3 Å². The minimum atomic E-state index is -0.289. The molecular weight excluding hydrogens is 240 g/mol. The second-order valence-electron chi connectivity index (χ2n) is 4.24. The van der Waals surface area contributed by atoms with E-state index in [9.17, 15) is 4.79 Å². The van der Waals surface area contributed by atoms with Crippen molar-refractivity contribution >= 4 is 17.6 Å². The Morgan fingerprint density at radius 1 is 1.53 bits per heavy atom. The van der Waals surface area contributed by atoms with E-state index in [0.29, 0.717) is 10.9 Å².